The van der Waals surface area contributed by atoms with Gasteiger partial charge < -0.3 is 15.4 Å². The van der Waals surface area contributed by atoms with Gasteiger partial charge in [-0.15, -0.1) is 24.0 Å². The van der Waals surface area contributed by atoms with Crippen molar-refractivity contribution in [2.75, 3.05) is 45.9 Å². The van der Waals surface area contributed by atoms with Gasteiger partial charge in [0.15, 0.2) is 5.96 Å². The number of benzene rings is 1. The zero-order valence-corrected chi connectivity index (χ0v) is 18.0. The Morgan fingerprint density at radius 3 is 2.15 bits per heavy atom. The van der Waals surface area contributed by atoms with Gasteiger partial charge in [0, 0.05) is 26.2 Å². The summed E-state index contributed by atoms with van der Waals surface area (Å²) in [5.41, 5.74) is 0.197. The summed E-state index contributed by atoms with van der Waals surface area (Å²) < 4.78 is 43.9. The second-order valence-corrected chi connectivity index (χ2v) is 6.03. The maximum absolute atomic E-state index is 12.8. The molecule has 1 atom stereocenters. The Morgan fingerprint density at radius 1 is 1.11 bits per heavy atom. The molecule has 154 valence electrons. The summed E-state index contributed by atoms with van der Waals surface area (Å²) in [5, 5.41) is 6.34. The van der Waals surface area contributed by atoms with E-state index in [0.29, 0.717) is 25.7 Å². The summed E-state index contributed by atoms with van der Waals surface area (Å²) in [6.07, 6.45) is -4.32. The first-order chi connectivity index (χ1) is 12.5. The third-order valence-electron chi connectivity index (χ3n) is 4.22. The van der Waals surface area contributed by atoms with Crippen LogP contribution in [-0.4, -0.2) is 56.8 Å². The van der Waals surface area contributed by atoms with Gasteiger partial charge in [-0.05, 0) is 31.5 Å². The number of nitrogens with zero attached hydrogens (tertiary/aromatic N) is 2. The van der Waals surface area contributed by atoms with E-state index in [1.165, 1.54) is 0 Å². The molecule has 1 aromatic rings. The van der Waals surface area contributed by atoms with Crippen molar-refractivity contribution in [3.63, 3.8) is 0 Å². The van der Waals surface area contributed by atoms with Gasteiger partial charge in [-0.1, -0.05) is 12.1 Å². The van der Waals surface area contributed by atoms with Crippen molar-refractivity contribution >= 4 is 29.9 Å². The van der Waals surface area contributed by atoms with E-state index in [1.54, 1.807) is 12.1 Å². The number of ether oxygens (including phenoxy) is 1. The molecule has 2 N–H and O–H groups in total. The van der Waals surface area contributed by atoms with Gasteiger partial charge in [-0.3, -0.25) is 9.89 Å². The van der Waals surface area contributed by atoms with E-state index < -0.39 is 11.7 Å². The van der Waals surface area contributed by atoms with Crippen molar-refractivity contribution in [1.82, 2.24) is 15.5 Å². The van der Waals surface area contributed by atoms with E-state index >= 15 is 0 Å². The van der Waals surface area contributed by atoms with Crippen molar-refractivity contribution < 1.29 is 17.9 Å². The molecule has 1 aliphatic heterocycles. The molecule has 0 spiro atoms. The van der Waals surface area contributed by atoms with Crippen LogP contribution in [0.25, 0.3) is 0 Å². The largest absolute Gasteiger partial charge is 0.416 e. The molecular formula is C18H28F3IN4O. The van der Waals surface area contributed by atoms with Crippen LogP contribution in [0.1, 0.15) is 31.0 Å². The highest BCUT2D eigenvalue weighted by atomic mass is 127. The fraction of sp³-hybridized carbons (Fsp3) is 0.611. The third kappa shape index (κ3) is 7.46. The molecule has 1 saturated heterocycles. The second-order valence-electron chi connectivity index (χ2n) is 6.03. The van der Waals surface area contributed by atoms with Crippen LogP contribution < -0.4 is 10.6 Å². The van der Waals surface area contributed by atoms with Gasteiger partial charge in [-0.2, -0.15) is 13.2 Å². The van der Waals surface area contributed by atoms with E-state index in [0.717, 1.165) is 43.9 Å². The summed E-state index contributed by atoms with van der Waals surface area (Å²) >= 11 is 0. The Kier molecular flexibility index (Phi) is 10.4. The lowest BCUT2D eigenvalue weighted by atomic mass is 10.0. The Labute approximate surface area is 175 Å². The molecule has 9 heteroatoms. The van der Waals surface area contributed by atoms with Crippen LogP contribution >= 0.6 is 24.0 Å². The molecule has 2 rings (SSSR count). The lowest BCUT2D eigenvalue weighted by molar-refractivity contribution is -0.137. The maximum atomic E-state index is 12.8. The maximum Gasteiger partial charge on any atom is 0.416 e. The van der Waals surface area contributed by atoms with Gasteiger partial charge >= 0.3 is 6.18 Å². The number of nitrogens with one attached hydrogen (secondary N) is 2. The van der Waals surface area contributed by atoms with Crippen molar-refractivity contribution in [3.05, 3.63) is 35.4 Å². The number of hydrogen-bond acceptors (Lipinski definition) is 3. The molecule has 1 aromatic carbocycles. The highest BCUT2D eigenvalue weighted by Gasteiger charge is 2.31. The first kappa shape index (κ1) is 24.0. The quantitative estimate of drug-likeness (QED) is 0.358. The van der Waals surface area contributed by atoms with E-state index in [2.05, 4.69) is 20.5 Å². The molecule has 1 fully saturated rings. The van der Waals surface area contributed by atoms with Crippen LogP contribution in [-0.2, 0) is 10.9 Å². The zero-order chi connectivity index (χ0) is 19.0. The lowest BCUT2D eigenvalue weighted by Gasteiger charge is -2.34. The van der Waals surface area contributed by atoms with Gasteiger partial charge in [0.05, 0.1) is 31.4 Å². The molecule has 0 saturated carbocycles. The molecule has 27 heavy (non-hydrogen) atoms. The molecule has 0 radical (unpaired) electrons. The lowest BCUT2D eigenvalue weighted by Crippen LogP contribution is -2.41. The minimum atomic E-state index is -4.32. The fourth-order valence-electron chi connectivity index (χ4n) is 2.90. The number of aliphatic imine (C=N–C) groups is 1. The van der Waals surface area contributed by atoms with Gasteiger partial charge in [0.25, 0.3) is 0 Å². The van der Waals surface area contributed by atoms with Gasteiger partial charge in [0.2, 0.25) is 0 Å². The normalized spacial score (nSPS) is 16.2. The molecule has 5 nitrogen and oxygen atoms in total. The topological polar surface area (TPSA) is 48.9 Å². The summed E-state index contributed by atoms with van der Waals surface area (Å²) in [6.45, 7) is 8.63. The van der Waals surface area contributed by atoms with Crippen LogP contribution in [0.2, 0.25) is 0 Å². The van der Waals surface area contributed by atoms with Crippen molar-refractivity contribution in [2.45, 2.75) is 26.1 Å². The molecule has 1 heterocycles. The summed E-state index contributed by atoms with van der Waals surface area (Å²) in [6, 6.07) is 5.30. The Morgan fingerprint density at radius 2 is 1.67 bits per heavy atom. The first-order valence-corrected chi connectivity index (χ1v) is 8.96. The highest BCUT2D eigenvalue weighted by Crippen LogP contribution is 2.31. The minimum Gasteiger partial charge on any atom is -0.379 e. The summed E-state index contributed by atoms with van der Waals surface area (Å²) in [7, 11) is 0. The SMILES string of the molecule is CCNC(=NCC(c1ccc(C(F)(F)F)cc1)N1CCOCC1)NCC.I. The van der Waals surface area contributed by atoms with Crippen molar-refractivity contribution in [3.8, 4) is 0 Å². The highest BCUT2D eigenvalue weighted by molar-refractivity contribution is 14.0. The number of halogens is 4. The average Bonchev–Trinajstić information content (AvgIpc) is 2.63. The van der Waals surface area contributed by atoms with E-state index in [-0.39, 0.29) is 30.0 Å². The summed E-state index contributed by atoms with van der Waals surface area (Å²) in [4.78, 5) is 6.83. The Balaban J connectivity index is 0.00000364. The predicted molar refractivity (Wildman–Crippen MR) is 112 cm³/mol. The molecule has 1 aliphatic rings. The molecular weight excluding hydrogens is 472 g/mol. The van der Waals surface area contributed by atoms with Crippen molar-refractivity contribution in [1.29, 1.82) is 0 Å². The fourth-order valence-corrected chi connectivity index (χ4v) is 2.90. The standard InChI is InChI=1S/C18H27F3N4O.HI/c1-3-22-17(23-4-2)24-13-16(25-9-11-26-12-10-25)14-5-7-15(8-6-14)18(19,20)21;/h5-8,16H,3-4,9-13H2,1-2H3,(H2,22,23,24);1H. The predicted octanol–water partition coefficient (Wildman–Crippen LogP) is 3.27. The zero-order valence-electron chi connectivity index (χ0n) is 15.7. The van der Waals surface area contributed by atoms with Crippen LogP contribution in [0.4, 0.5) is 13.2 Å². The number of morpholine rings is 1. The molecule has 0 amide bonds. The molecule has 1 unspecified atom stereocenters. The molecule has 0 aliphatic carbocycles. The Bertz CT molecular complexity index is 567. The first-order valence-electron chi connectivity index (χ1n) is 8.96. The Hall–Kier alpha value is -1.07. The smallest absolute Gasteiger partial charge is 0.379 e. The summed E-state index contributed by atoms with van der Waals surface area (Å²) in [5.74, 6) is 0.708. The van der Waals surface area contributed by atoms with E-state index in [1.807, 2.05) is 13.8 Å². The van der Waals surface area contributed by atoms with E-state index in [4.69, 9.17) is 4.74 Å². The van der Waals surface area contributed by atoms with Crippen LogP contribution in [0.3, 0.4) is 0 Å². The second kappa shape index (κ2) is 11.7. The molecule has 0 bridgehead atoms. The van der Waals surface area contributed by atoms with Gasteiger partial charge in [-0.25, -0.2) is 0 Å². The monoisotopic (exact) mass is 500 g/mol. The average molecular weight is 500 g/mol. The number of alkyl halides is 3. The number of guanidine groups is 1. The van der Waals surface area contributed by atoms with Crippen molar-refractivity contribution in [2.24, 2.45) is 4.99 Å². The van der Waals surface area contributed by atoms with Crippen LogP contribution in [0.15, 0.2) is 29.3 Å². The minimum absolute atomic E-state index is 0. The van der Waals surface area contributed by atoms with E-state index in [9.17, 15) is 13.2 Å². The molecule has 0 aromatic heterocycles. The number of hydrogen-bond donors (Lipinski definition) is 2. The van der Waals surface area contributed by atoms with Crippen LogP contribution in [0.5, 0.6) is 0 Å². The third-order valence-corrected chi connectivity index (χ3v) is 4.22. The number of rotatable bonds is 6. The van der Waals surface area contributed by atoms with Gasteiger partial charge in [0.1, 0.15) is 0 Å². The van der Waals surface area contributed by atoms with Crippen LogP contribution in [0, 0.1) is 0 Å².